The highest BCUT2D eigenvalue weighted by atomic mass is 14.7. The van der Waals surface area contributed by atoms with Crippen molar-refractivity contribution in [3.8, 4) is 33.5 Å². The molecule has 0 fully saturated rings. The van der Waals surface area contributed by atoms with Gasteiger partial charge in [-0.15, -0.1) is 0 Å². The molecule has 1 aliphatic carbocycles. The highest BCUT2D eigenvalue weighted by molar-refractivity contribution is 6.15. The van der Waals surface area contributed by atoms with E-state index in [4.69, 9.17) is 4.98 Å². The van der Waals surface area contributed by atoms with Crippen LogP contribution in [0.2, 0.25) is 0 Å². The van der Waals surface area contributed by atoms with Crippen molar-refractivity contribution in [1.82, 2.24) is 4.98 Å². The molecular formula is C29H17N. The summed E-state index contributed by atoms with van der Waals surface area (Å²) >= 11 is 0. The van der Waals surface area contributed by atoms with Crippen LogP contribution in [0.1, 0.15) is 0 Å². The van der Waals surface area contributed by atoms with Crippen molar-refractivity contribution >= 4 is 32.4 Å². The number of aromatic nitrogens is 1. The topological polar surface area (TPSA) is 12.9 Å². The Hall–Kier alpha value is -3.97. The molecule has 0 bridgehead atoms. The molecule has 1 nitrogen and oxygen atoms in total. The van der Waals surface area contributed by atoms with Crippen LogP contribution in [0.3, 0.4) is 0 Å². The maximum atomic E-state index is 5.06. The zero-order valence-corrected chi connectivity index (χ0v) is 16.3. The molecule has 0 radical (unpaired) electrons. The second-order valence-corrected chi connectivity index (χ2v) is 8.06. The minimum absolute atomic E-state index is 1.03. The van der Waals surface area contributed by atoms with Gasteiger partial charge < -0.3 is 0 Å². The Bertz CT molecular complexity index is 1640. The lowest BCUT2D eigenvalue weighted by molar-refractivity contribution is 1.41. The van der Waals surface area contributed by atoms with Crippen LogP contribution in [0.15, 0.2) is 103 Å². The lowest BCUT2D eigenvalue weighted by Crippen LogP contribution is -1.88. The quantitative estimate of drug-likeness (QED) is 0.265. The van der Waals surface area contributed by atoms with Gasteiger partial charge in [0, 0.05) is 10.9 Å². The molecule has 0 saturated heterocycles. The summed E-state index contributed by atoms with van der Waals surface area (Å²) in [5, 5.41) is 6.33. The molecule has 0 aliphatic heterocycles. The van der Waals surface area contributed by atoms with Gasteiger partial charge in [0.2, 0.25) is 0 Å². The number of hydrogen-bond donors (Lipinski definition) is 0. The van der Waals surface area contributed by atoms with Crippen LogP contribution >= 0.6 is 0 Å². The Morgan fingerprint density at radius 3 is 1.93 bits per heavy atom. The Morgan fingerprint density at radius 2 is 1.10 bits per heavy atom. The average Bonchev–Trinajstić information content (AvgIpc) is 3.13. The van der Waals surface area contributed by atoms with Crippen LogP contribution in [-0.2, 0) is 0 Å². The third kappa shape index (κ3) is 2.15. The summed E-state index contributed by atoms with van der Waals surface area (Å²) in [6.07, 6.45) is 0. The molecule has 0 atom stereocenters. The summed E-state index contributed by atoms with van der Waals surface area (Å²) in [4.78, 5) is 5.06. The van der Waals surface area contributed by atoms with Crippen LogP contribution in [0.5, 0.6) is 0 Å². The van der Waals surface area contributed by atoms with Crippen LogP contribution < -0.4 is 0 Å². The fraction of sp³-hybridized carbons (Fsp3) is 0. The van der Waals surface area contributed by atoms with Crippen molar-refractivity contribution in [3.63, 3.8) is 0 Å². The van der Waals surface area contributed by atoms with Gasteiger partial charge in [0.05, 0.1) is 11.2 Å². The molecule has 0 saturated carbocycles. The van der Waals surface area contributed by atoms with Crippen LogP contribution in [0, 0.1) is 0 Å². The van der Waals surface area contributed by atoms with Crippen LogP contribution in [0.4, 0.5) is 0 Å². The molecule has 0 amide bonds. The third-order valence-electron chi connectivity index (χ3n) is 6.34. The molecule has 1 heterocycles. The van der Waals surface area contributed by atoms with E-state index in [0.717, 1.165) is 16.8 Å². The number of benzene rings is 5. The van der Waals surface area contributed by atoms with Crippen molar-refractivity contribution in [1.29, 1.82) is 0 Å². The van der Waals surface area contributed by atoms with Gasteiger partial charge >= 0.3 is 0 Å². The SMILES string of the molecule is c1ccc2c(c1)-c1cccc3nc(-c4ccc5cc6ccccc6cc5c4)cc-2c13. The van der Waals surface area contributed by atoms with Gasteiger partial charge in [-0.1, -0.05) is 72.8 Å². The minimum atomic E-state index is 1.03. The Labute approximate surface area is 174 Å². The molecule has 5 aromatic carbocycles. The molecule has 1 aliphatic rings. The van der Waals surface area contributed by atoms with E-state index in [9.17, 15) is 0 Å². The lowest BCUT2D eigenvalue weighted by Gasteiger charge is -2.09. The van der Waals surface area contributed by atoms with E-state index in [-0.39, 0.29) is 0 Å². The van der Waals surface area contributed by atoms with Gasteiger partial charge in [-0.05, 0) is 74.1 Å². The summed E-state index contributed by atoms with van der Waals surface area (Å²) in [5.74, 6) is 0. The highest BCUT2D eigenvalue weighted by Gasteiger charge is 2.22. The number of rotatable bonds is 1. The van der Waals surface area contributed by atoms with E-state index in [1.165, 1.54) is 49.2 Å². The molecule has 1 aromatic heterocycles. The fourth-order valence-corrected chi connectivity index (χ4v) is 4.92. The molecular weight excluding hydrogens is 362 g/mol. The van der Waals surface area contributed by atoms with Crippen molar-refractivity contribution in [2.24, 2.45) is 0 Å². The summed E-state index contributed by atoms with van der Waals surface area (Å²) in [7, 11) is 0. The summed E-state index contributed by atoms with van der Waals surface area (Å²) in [5.41, 5.74) is 8.45. The number of nitrogens with zero attached hydrogens (tertiary/aromatic N) is 1. The molecule has 0 N–H and O–H groups in total. The smallest absolute Gasteiger partial charge is 0.0722 e. The van der Waals surface area contributed by atoms with Gasteiger partial charge in [0.15, 0.2) is 0 Å². The monoisotopic (exact) mass is 379 g/mol. The third-order valence-corrected chi connectivity index (χ3v) is 6.34. The first-order valence-electron chi connectivity index (χ1n) is 10.3. The molecule has 7 rings (SSSR count). The zero-order chi connectivity index (χ0) is 19.7. The van der Waals surface area contributed by atoms with Crippen LogP contribution in [0.25, 0.3) is 66.0 Å². The Kier molecular flexibility index (Phi) is 3.06. The van der Waals surface area contributed by atoms with Crippen molar-refractivity contribution < 1.29 is 0 Å². The van der Waals surface area contributed by atoms with Gasteiger partial charge in [-0.25, -0.2) is 4.98 Å². The number of pyridine rings is 1. The molecule has 1 heteroatoms. The largest absolute Gasteiger partial charge is 0.248 e. The lowest BCUT2D eigenvalue weighted by atomic mass is 9.98. The summed E-state index contributed by atoms with van der Waals surface area (Å²) in [6, 6.07) is 37.2. The number of fused-ring (bicyclic) bond motifs is 5. The number of hydrogen-bond acceptors (Lipinski definition) is 1. The first-order chi connectivity index (χ1) is 14.8. The van der Waals surface area contributed by atoms with E-state index in [2.05, 4.69) is 103 Å². The maximum absolute atomic E-state index is 5.06. The normalized spacial score (nSPS) is 12.0. The summed E-state index contributed by atoms with van der Waals surface area (Å²) in [6.45, 7) is 0. The fourth-order valence-electron chi connectivity index (χ4n) is 4.92. The van der Waals surface area contributed by atoms with E-state index < -0.39 is 0 Å². The van der Waals surface area contributed by atoms with Gasteiger partial charge in [-0.2, -0.15) is 0 Å². The highest BCUT2D eigenvalue weighted by Crippen LogP contribution is 2.47. The van der Waals surface area contributed by atoms with Gasteiger partial charge in [-0.3, -0.25) is 0 Å². The zero-order valence-electron chi connectivity index (χ0n) is 16.3. The summed E-state index contributed by atoms with van der Waals surface area (Å²) < 4.78 is 0. The van der Waals surface area contributed by atoms with Crippen molar-refractivity contribution in [2.45, 2.75) is 0 Å². The maximum Gasteiger partial charge on any atom is 0.0722 e. The molecule has 30 heavy (non-hydrogen) atoms. The van der Waals surface area contributed by atoms with Crippen LogP contribution in [-0.4, -0.2) is 4.98 Å². The predicted molar refractivity (Wildman–Crippen MR) is 127 cm³/mol. The predicted octanol–water partition coefficient (Wildman–Crippen LogP) is 7.86. The van der Waals surface area contributed by atoms with E-state index in [1.54, 1.807) is 0 Å². The Balaban J connectivity index is 1.49. The Morgan fingerprint density at radius 1 is 0.433 bits per heavy atom. The van der Waals surface area contributed by atoms with Gasteiger partial charge in [0.1, 0.15) is 0 Å². The first kappa shape index (κ1) is 15.9. The van der Waals surface area contributed by atoms with E-state index in [1.807, 2.05) is 0 Å². The van der Waals surface area contributed by atoms with Gasteiger partial charge in [0.25, 0.3) is 0 Å². The van der Waals surface area contributed by atoms with Crippen molar-refractivity contribution in [2.75, 3.05) is 0 Å². The average molecular weight is 379 g/mol. The minimum Gasteiger partial charge on any atom is -0.248 e. The second kappa shape index (κ2) is 5.77. The molecule has 6 aromatic rings. The van der Waals surface area contributed by atoms with E-state index >= 15 is 0 Å². The van der Waals surface area contributed by atoms with Crippen molar-refractivity contribution in [3.05, 3.63) is 103 Å². The molecule has 0 unspecified atom stereocenters. The standard InChI is InChI=1S/C29H17N/c1-2-7-19-15-22-16-21(13-12-20(22)14-18(19)6-1)28-17-26-24-9-4-3-8-23(24)25-10-5-11-27(30-28)29(25)26/h1-17H. The van der Waals surface area contributed by atoms with E-state index in [0.29, 0.717) is 0 Å². The molecule has 0 spiro atoms. The first-order valence-corrected chi connectivity index (χ1v) is 10.3. The second-order valence-electron chi connectivity index (χ2n) is 8.06. The molecule has 138 valence electrons.